The van der Waals surface area contributed by atoms with Crippen molar-refractivity contribution >= 4 is 56.2 Å². The van der Waals surface area contributed by atoms with Crippen molar-refractivity contribution in [2.45, 2.75) is 4.90 Å². The van der Waals surface area contributed by atoms with Crippen LogP contribution >= 0.6 is 0 Å². The molecule has 3 aromatic rings. The van der Waals surface area contributed by atoms with E-state index in [4.69, 9.17) is 16.6 Å². The molecule has 0 saturated carbocycles. The van der Waals surface area contributed by atoms with E-state index in [9.17, 15) is 22.6 Å². The Hall–Kier alpha value is -4.69. The van der Waals surface area contributed by atoms with Crippen molar-refractivity contribution in [2.75, 3.05) is 18.6 Å². The van der Waals surface area contributed by atoms with Crippen molar-refractivity contribution in [1.29, 1.82) is 0 Å². The lowest BCUT2D eigenvalue weighted by Crippen LogP contribution is -2.05. The van der Waals surface area contributed by atoms with E-state index >= 15 is 0 Å². The fourth-order valence-electron chi connectivity index (χ4n) is 2.80. The summed E-state index contributed by atoms with van der Waals surface area (Å²) in [5, 5.41) is 24.7. The number of ether oxygens (including phenoxy) is 1. The lowest BCUT2D eigenvalue weighted by Gasteiger charge is -2.10. The van der Waals surface area contributed by atoms with Gasteiger partial charge in [-0.15, -0.1) is 10.2 Å². The molecular formula is C21H18N6O7S. The maximum absolute atomic E-state index is 11.9. The second kappa shape index (κ2) is 10.1. The molecule has 0 atom stereocenters. The summed E-state index contributed by atoms with van der Waals surface area (Å²) in [5.41, 5.74) is 11.1. The van der Waals surface area contributed by atoms with Crippen molar-refractivity contribution in [1.82, 2.24) is 0 Å². The molecule has 0 aliphatic rings. The summed E-state index contributed by atoms with van der Waals surface area (Å²) in [5.74, 6) is -1.79. The zero-order valence-electron chi connectivity index (χ0n) is 18.0. The zero-order valence-corrected chi connectivity index (χ0v) is 18.8. The van der Waals surface area contributed by atoms with E-state index < -0.39 is 32.6 Å². The SMILES string of the molecule is COC(=O)c1cccc(/N=N/c2c(N)c(/N=N/c3cccc(C(=O)O)c3)cc(S(=O)(=O)O)c2N)c1. The first-order valence-electron chi connectivity index (χ1n) is 9.56. The topological polar surface area (TPSA) is 219 Å². The highest BCUT2D eigenvalue weighted by Crippen LogP contribution is 2.43. The summed E-state index contributed by atoms with van der Waals surface area (Å²) in [7, 11) is -3.61. The number of nitrogens with zero attached hydrogens (tertiary/aromatic N) is 4. The number of azo groups is 2. The van der Waals surface area contributed by atoms with Crippen LogP contribution in [0.25, 0.3) is 0 Å². The molecule has 0 aliphatic carbocycles. The molecule has 0 aromatic heterocycles. The third-order valence-corrected chi connectivity index (χ3v) is 5.39. The minimum absolute atomic E-state index is 0.0472. The number of aromatic carboxylic acids is 1. The summed E-state index contributed by atoms with van der Waals surface area (Å²) < 4.78 is 38.0. The minimum atomic E-state index is -4.82. The molecule has 0 spiro atoms. The summed E-state index contributed by atoms with van der Waals surface area (Å²) in [6, 6.07) is 12.3. The highest BCUT2D eigenvalue weighted by atomic mass is 32.2. The third kappa shape index (κ3) is 5.82. The van der Waals surface area contributed by atoms with Gasteiger partial charge in [0.15, 0.2) is 0 Å². The Morgan fingerprint density at radius 3 is 2.00 bits per heavy atom. The highest BCUT2D eigenvalue weighted by molar-refractivity contribution is 7.86. The lowest BCUT2D eigenvalue weighted by molar-refractivity contribution is 0.0599. The van der Waals surface area contributed by atoms with Gasteiger partial charge in [0, 0.05) is 0 Å². The quantitative estimate of drug-likeness (QED) is 0.156. The zero-order chi connectivity index (χ0) is 25.8. The number of hydrogen-bond acceptors (Lipinski definition) is 11. The van der Waals surface area contributed by atoms with Crippen molar-refractivity contribution in [3.63, 3.8) is 0 Å². The molecule has 0 saturated heterocycles. The number of hydrogen-bond donors (Lipinski definition) is 4. The van der Waals surface area contributed by atoms with Gasteiger partial charge in [-0.1, -0.05) is 12.1 Å². The van der Waals surface area contributed by atoms with E-state index in [0.29, 0.717) is 0 Å². The molecule has 0 amide bonds. The van der Waals surface area contributed by atoms with E-state index in [-0.39, 0.29) is 39.6 Å². The molecule has 0 fully saturated rings. The van der Waals surface area contributed by atoms with E-state index in [1.165, 1.54) is 55.6 Å². The van der Waals surface area contributed by atoms with Gasteiger partial charge in [0.25, 0.3) is 10.1 Å². The molecule has 180 valence electrons. The van der Waals surface area contributed by atoms with E-state index in [2.05, 4.69) is 25.2 Å². The Balaban J connectivity index is 2.09. The highest BCUT2D eigenvalue weighted by Gasteiger charge is 2.22. The van der Waals surface area contributed by atoms with Crippen LogP contribution in [0.1, 0.15) is 20.7 Å². The van der Waals surface area contributed by atoms with Crippen molar-refractivity contribution in [3.8, 4) is 0 Å². The van der Waals surface area contributed by atoms with Gasteiger partial charge in [-0.25, -0.2) is 9.59 Å². The van der Waals surface area contributed by atoms with Crippen LogP contribution in [0.2, 0.25) is 0 Å². The molecule has 6 N–H and O–H groups in total. The Morgan fingerprint density at radius 1 is 0.857 bits per heavy atom. The van der Waals surface area contributed by atoms with Gasteiger partial charge in [-0.2, -0.15) is 18.6 Å². The van der Waals surface area contributed by atoms with Crippen LogP contribution in [0.3, 0.4) is 0 Å². The van der Waals surface area contributed by atoms with Crippen molar-refractivity contribution in [3.05, 3.63) is 65.7 Å². The molecule has 3 rings (SSSR count). The maximum atomic E-state index is 11.9. The molecule has 0 bridgehead atoms. The fraction of sp³-hybridized carbons (Fsp3) is 0.0476. The smallest absolute Gasteiger partial charge is 0.337 e. The van der Waals surface area contributed by atoms with Crippen LogP contribution in [0, 0.1) is 0 Å². The van der Waals surface area contributed by atoms with Crippen LogP contribution in [-0.2, 0) is 14.9 Å². The lowest BCUT2D eigenvalue weighted by atomic mass is 10.2. The summed E-state index contributed by atoms with van der Waals surface area (Å²) in [6.07, 6.45) is 0. The molecule has 0 unspecified atom stereocenters. The number of rotatable bonds is 7. The third-order valence-electron chi connectivity index (χ3n) is 4.50. The Kier molecular flexibility index (Phi) is 7.17. The van der Waals surface area contributed by atoms with Gasteiger partial charge in [-0.05, 0) is 42.5 Å². The molecule has 0 aliphatic heterocycles. The molecular weight excluding hydrogens is 480 g/mol. The number of nitrogens with two attached hydrogens (primary N) is 2. The molecule has 0 radical (unpaired) electrons. The first-order valence-corrected chi connectivity index (χ1v) is 11.0. The first kappa shape index (κ1) is 24.9. The van der Waals surface area contributed by atoms with Crippen molar-refractivity contribution < 1.29 is 32.4 Å². The van der Waals surface area contributed by atoms with E-state index in [1.54, 1.807) is 0 Å². The number of benzene rings is 3. The number of nitrogen functional groups attached to an aromatic ring is 2. The normalized spacial score (nSPS) is 11.7. The Morgan fingerprint density at radius 2 is 1.43 bits per heavy atom. The Labute approximate surface area is 198 Å². The van der Waals surface area contributed by atoms with E-state index in [1.807, 2.05) is 0 Å². The van der Waals surface area contributed by atoms with Crippen LogP contribution in [0.5, 0.6) is 0 Å². The number of methoxy groups -OCH3 is 1. The summed E-state index contributed by atoms with van der Waals surface area (Å²) in [4.78, 5) is 22.1. The van der Waals surface area contributed by atoms with Crippen LogP contribution in [0.15, 0.2) is 79.9 Å². The number of anilines is 2. The minimum Gasteiger partial charge on any atom is -0.478 e. The standard InChI is InChI=1S/C21H18N6O7S/c1-34-21(30)12-5-3-7-14(9-12)25-27-19-17(22)15(10-16(18(19)23)35(31,32)33)26-24-13-6-2-4-11(8-13)20(28)29/h2-10H,22-23H2,1H3,(H,28,29)(H,31,32,33)/b26-24+,27-25+. The Bertz CT molecular complexity index is 1490. The van der Waals surface area contributed by atoms with Crippen LogP contribution < -0.4 is 11.5 Å². The second-order valence-electron chi connectivity index (χ2n) is 6.84. The van der Waals surface area contributed by atoms with Gasteiger partial charge in [-0.3, -0.25) is 4.55 Å². The fourth-order valence-corrected chi connectivity index (χ4v) is 3.44. The number of carboxylic acid groups (broad SMARTS) is 1. The number of carbonyl (C=O) groups excluding carboxylic acids is 1. The van der Waals surface area contributed by atoms with Gasteiger partial charge in [0.1, 0.15) is 16.3 Å². The molecule has 35 heavy (non-hydrogen) atoms. The largest absolute Gasteiger partial charge is 0.478 e. The van der Waals surface area contributed by atoms with Gasteiger partial charge in [0.2, 0.25) is 0 Å². The van der Waals surface area contributed by atoms with Crippen molar-refractivity contribution in [2.24, 2.45) is 20.5 Å². The molecule has 3 aromatic carbocycles. The monoisotopic (exact) mass is 498 g/mol. The van der Waals surface area contributed by atoms with Gasteiger partial charge < -0.3 is 21.3 Å². The molecule has 0 heterocycles. The summed E-state index contributed by atoms with van der Waals surface area (Å²) in [6.45, 7) is 0. The maximum Gasteiger partial charge on any atom is 0.337 e. The van der Waals surface area contributed by atoms with Gasteiger partial charge in [0.05, 0.1) is 41.0 Å². The first-order chi connectivity index (χ1) is 16.5. The van der Waals surface area contributed by atoms with E-state index in [0.717, 1.165) is 6.07 Å². The number of esters is 1. The summed E-state index contributed by atoms with van der Waals surface area (Å²) >= 11 is 0. The predicted molar refractivity (Wildman–Crippen MR) is 125 cm³/mol. The average Bonchev–Trinajstić information content (AvgIpc) is 2.82. The average molecular weight is 498 g/mol. The predicted octanol–water partition coefficient (Wildman–Crippen LogP) is 4.41. The van der Waals surface area contributed by atoms with Crippen LogP contribution in [0.4, 0.5) is 34.1 Å². The molecule has 13 nitrogen and oxygen atoms in total. The second-order valence-corrected chi connectivity index (χ2v) is 8.23. The number of carboxylic acids is 1. The van der Waals surface area contributed by atoms with Gasteiger partial charge >= 0.3 is 11.9 Å². The van der Waals surface area contributed by atoms with Crippen LogP contribution in [-0.4, -0.2) is 37.1 Å². The molecule has 14 heteroatoms. The number of carbonyl (C=O) groups is 2.